The number of carbonyl (C=O) groups excluding carboxylic acids is 1. The van der Waals surface area contributed by atoms with Crippen molar-refractivity contribution in [2.24, 2.45) is 13.0 Å². The van der Waals surface area contributed by atoms with Crippen molar-refractivity contribution >= 4 is 15.9 Å². The summed E-state index contributed by atoms with van der Waals surface area (Å²) < 4.78 is 43.8. The minimum Gasteiger partial charge on any atom is -0.353 e. The molecule has 3 rings (SSSR count). The number of aromatic nitrogens is 1. The highest BCUT2D eigenvalue weighted by atomic mass is 32.2. The van der Waals surface area contributed by atoms with Gasteiger partial charge >= 0.3 is 0 Å². The summed E-state index contributed by atoms with van der Waals surface area (Å²) in [6.07, 6.45) is 6.34. The zero-order chi connectivity index (χ0) is 23.3. The third kappa shape index (κ3) is 5.98. The number of carbonyl (C=O) groups is 1. The van der Waals surface area contributed by atoms with Crippen molar-refractivity contribution in [1.82, 2.24) is 13.8 Å². The van der Waals surface area contributed by atoms with E-state index in [4.69, 9.17) is 0 Å². The van der Waals surface area contributed by atoms with Crippen molar-refractivity contribution in [3.63, 3.8) is 0 Å². The number of rotatable bonds is 9. The molecule has 1 aliphatic carbocycles. The van der Waals surface area contributed by atoms with E-state index in [0.717, 1.165) is 49.9 Å². The standard InChI is InChI=1S/C24H34FN3O3S/c1-19(2)16-27(17-22-10-7-15-26(22)3)24(29)18-28(21-8-5-4-6-9-21)32(30,31)23-13-11-20(25)12-14-23/h7,10-15,19,21H,4-6,8-9,16-18H2,1-3H3. The molecule has 0 aliphatic heterocycles. The average Bonchev–Trinajstić information content (AvgIpc) is 3.16. The molecular weight excluding hydrogens is 429 g/mol. The average molecular weight is 464 g/mol. The van der Waals surface area contributed by atoms with E-state index in [-0.39, 0.29) is 29.3 Å². The molecule has 8 heteroatoms. The van der Waals surface area contributed by atoms with Crippen LogP contribution in [0.3, 0.4) is 0 Å². The predicted molar refractivity (Wildman–Crippen MR) is 123 cm³/mol. The van der Waals surface area contributed by atoms with Crippen LogP contribution in [-0.4, -0.2) is 47.2 Å². The first-order valence-corrected chi connectivity index (χ1v) is 12.8. The van der Waals surface area contributed by atoms with Crippen molar-refractivity contribution in [1.29, 1.82) is 0 Å². The molecule has 2 aromatic rings. The maximum absolute atomic E-state index is 13.5. The highest BCUT2D eigenvalue weighted by Crippen LogP contribution is 2.28. The molecule has 176 valence electrons. The Bertz CT molecular complexity index is 996. The van der Waals surface area contributed by atoms with Gasteiger partial charge < -0.3 is 9.47 Å². The number of aryl methyl sites for hydroxylation is 1. The lowest BCUT2D eigenvalue weighted by Gasteiger charge is -2.35. The predicted octanol–water partition coefficient (Wildman–Crippen LogP) is 4.17. The highest BCUT2D eigenvalue weighted by molar-refractivity contribution is 7.89. The van der Waals surface area contributed by atoms with Gasteiger partial charge in [-0.3, -0.25) is 4.79 Å². The van der Waals surface area contributed by atoms with E-state index in [9.17, 15) is 17.6 Å². The summed E-state index contributed by atoms with van der Waals surface area (Å²) >= 11 is 0. The molecular formula is C24H34FN3O3S. The van der Waals surface area contributed by atoms with E-state index in [1.807, 2.05) is 43.8 Å². The molecule has 0 unspecified atom stereocenters. The summed E-state index contributed by atoms with van der Waals surface area (Å²) in [4.78, 5) is 15.2. The van der Waals surface area contributed by atoms with E-state index in [1.54, 1.807) is 4.90 Å². The second-order valence-electron chi connectivity index (χ2n) is 9.07. The van der Waals surface area contributed by atoms with Gasteiger partial charge in [0.05, 0.1) is 18.0 Å². The monoisotopic (exact) mass is 463 g/mol. The summed E-state index contributed by atoms with van der Waals surface area (Å²) in [5.74, 6) is -0.456. The second kappa shape index (κ2) is 10.6. The molecule has 32 heavy (non-hydrogen) atoms. The quantitative estimate of drug-likeness (QED) is 0.561. The minimum absolute atomic E-state index is 0.0233. The number of sulfonamides is 1. The maximum Gasteiger partial charge on any atom is 0.243 e. The number of nitrogens with zero attached hydrogens (tertiary/aromatic N) is 3. The largest absolute Gasteiger partial charge is 0.353 e. The van der Waals surface area contributed by atoms with Crippen LogP contribution in [-0.2, 0) is 28.4 Å². The second-order valence-corrected chi connectivity index (χ2v) is 11.0. The summed E-state index contributed by atoms with van der Waals surface area (Å²) in [5, 5.41) is 0. The van der Waals surface area contributed by atoms with Crippen LogP contribution in [0.1, 0.15) is 51.6 Å². The molecule has 0 spiro atoms. The highest BCUT2D eigenvalue weighted by Gasteiger charge is 2.35. The van der Waals surface area contributed by atoms with E-state index < -0.39 is 15.8 Å². The van der Waals surface area contributed by atoms with Gasteiger partial charge in [-0.25, -0.2) is 12.8 Å². The van der Waals surface area contributed by atoms with E-state index in [1.165, 1.54) is 16.4 Å². The van der Waals surface area contributed by atoms with Gasteiger partial charge in [-0.1, -0.05) is 33.1 Å². The summed E-state index contributed by atoms with van der Waals surface area (Å²) in [6.45, 7) is 4.84. The molecule has 0 saturated heterocycles. The normalized spacial score (nSPS) is 15.4. The van der Waals surface area contributed by atoms with Crippen LogP contribution in [0.5, 0.6) is 0 Å². The third-order valence-electron chi connectivity index (χ3n) is 6.04. The first kappa shape index (κ1) is 24.5. The first-order valence-electron chi connectivity index (χ1n) is 11.3. The van der Waals surface area contributed by atoms with Crippen LogP contribution in [0.2, 0.25) is 0 Å². The Balaban J connectivity index is 1.88. The van der Waals surface area contributed by atoms with Gasteiger partial charge in [-0.2, -0.15) is 4.31 Å². The Morgan fingerprint density at radius 2 is 1.78 bits per heavy atom. The van der Waals surface area contributed by atoms with Gasteiger partial charge in [0, 0.05) is 31.5 Å². The Kier molecular flexibility index (Phi) is 8.11. The summed E-state index contributed by atoms with van der Waals surface area (Å²) in [7, 11) is -2.00. The molecule has 1 aliphatic rings. The topological polar surface area (TPSA) is 62.6 Å². The Morgan fingerprint density at radius 3 is 2.34 bits per heavy atom. The molecule has 1 amide bonds. The lowest BCUT2D eigenvalue weighted by atomic mass is 9.95. The molecule has 1 aromatic heterocycles. The Labute approximate surface area is 191 Å². The van der Waals surface area contributed by atoms with Crippen molar-refractivity contribution in [2.75, 3.05) is 13.1 Å². The van der Waals surface area contributed by atoms with Gasteiger partial charge in [-0.05, 0) is 55.2 Å². The van der Waals surface area contributed by atoms with Crippen LogP contribution in [0.4, 0.5) is 4.39 Å². The molecule has 1 fully saturated rings. The number of amides is 1. The molecule has 6 nitrogen and oxygen atoms in total. The molecule has 1 heterocycles. The van der Waals surface area contributed by atoms with Crippen molar-refractivity contribution in [3.05, 3.63) is 54.1 Å². The maximum atomic E-state index is 13.5. The lowest BCUT2D eigenvalue weighted by molar-refractivity contribution is -0.133. The fourth-order valence-electron chi connectivity index (χ4n) is 4.31. The van der Waals surface area contributed by atoms with E-state index in [0.29, 0.717) is 13.1 Å². The number of benzene rings is 1. The van der Waals surface area contributed by atoms with Crippen molar-refractivity contribution < 1.29 is 17.6 Å². The van der Waals surface area contributed by atoms with Crippen LogP contribution >= 0.6 is 0 Å². The summed E-state index contributed by atoms with van der Waals surface area (Å²) in [6, 6.07) is 8.53. The first-order chi connectivity index (χ1) is 15.2. The lowest BCUT2D eigenvalue weighted by Crippen LogP contribution is -2.48. The molecule has 0 atom stereocenters. The fraction of sp³-hybridized carbons (Fsp3) is 0.542. The SMILES string of the molecule is CC(C)CN(Cc1cccn1C)C(=O)CN(C1CCCCC1)S(=O)(=O)c1ccc(F)cc1. The van der Waals surface area contributed by atoms with Crippen molar-refractivity contribution in [2.45, 2.75) is 63.4 Å². The molecule has 1 saturated carbocycles. The molecule has 0 bridgehead atoms. The smallest absolute Gasteiger partial charge is 0.243 e. The van der Waals surface area contributed by atoms with Crippen LogP contribution in [0.25, 0.3) is 0 Å². The molecule has 0 radical (unpaired) electrons. The number of halogens is 1. The van der Waals surface area contributed by atoms with Crippen LogP contribution in [0, 0.1) is 11.7 Å². The van der Waals surface area contributed by atoms with Gasteiger partial charge in [-0.15, -0.1) is 0 Å². The Morgan fingerprint density at radius 1 is 1.12 bits per heavy atom. The minimum atomic E-state index is -3.93. The Hall–Kier alpha value is -2.19. The number of hydrogen-bond donors (Lipinski definition) is 0. The summed E-state index contributed by atoms with van der Waals surface area (Å²) in [5.41, 5.74) is 0.990. The zero-order valence-electron chi connectivity index (χ0n) is 19.2. The van der Waals surface area contributed by atoms with E-state index in [2.05, 4.69) is 0 Å². The van der Waals surface area contributed by atoms with Gasteiger partial charge in [0.15, 0.2) is 0 Å². The van der Waals surface area contributed by atoms with Gasteiger partial charge in [0.2, 0.25) is 15.9 Å². The van der Waals surface area contributed by atoms with E-state index >= 15 is 0 Å². The van der Waals surface area contributed by atoms with Gasteiger partial charge in [0.25, 0.3) is 0 Å². The fourth-order valence-corrected chi connectivity index (χ4v) is 5.94. The molecule has 1 aromatic carbocycles. The van der Waals surface area contributed by atoms with Crippen LogP contribution < -0.4 is 0 Å². The van der Waals surface area contributed by atoms with Gasteiger partial charge in [0.1, 0.15) is 5.82 Å². The molecule has 0 N–H and O–H groups in total. The van der Waals surface area contributed by atoms with Crippen molar-refractivity contribution in [3.8, 4) is 0 Å². The van der Waals surface area contributed by atoms with Crippen LogP contribution in [0.15, 0.2) is 47.5 Å². The third-order valence-corrected chi connectivity index (χ3v) is 7.95. The number of hydrogen-bond acceptors (Lipinski definition) is 3. The zero-order valence-corrected chi connectivity index (χ0v) is 20.0.